The molecule has 1 aliphatic carbocycles. The van der Waals surface area contributed by atoms with Crippen LogP contribution in [0.3, 0.4) is 0 Å². The van der Waals surface area contributed by atoms with Crippen molar-refractivity contribution in [3.8, 4) is 0 Å². The minimum atomic E-state index is 0.274. The molecule has 1 N–H and O–H groups in total. The van der Waals surface area contributed by atoms with E-state index in [9.17, 15) is 0 Å². The second-order valence-electron chi connectivity index (χ2n) is 4.49. The molecule has 0 radical (unpaired) electrons. The smallest absolute Gasteiger partial charge is 0.0952 e. The van der Waals surface area contributed by atoms with Crippen molar-refractivity contribution in [2.24, 2.45) is 0 Å². The topological polar surface area (TPSA) is 21.3 Å². The molecule has 1 heterocycles. The molecule has 2 aliphatic rings. The van der Waals surface area contributed by atoms with Gasteiger partial charge in [-0.3, -0.25) is 0 Å². The van der Waals surface area contributed by atoms with Gasteiger partial charge >= 0.3 is 0 Å². The molecule has 80 valence electrons. The molecule has 0 bridgehead atoms. The predicted octanol–water partition coefficient (Wildman–Crippen LogP) is 2.05. The molecule has 1 atom stereocenters. The fraction of sp³-hybridized carbons (Fsp3) is 0.538. The Morgan fingerprint density at radius 2 is 2.13 bits per heavy atom. The highest BCUT2D eigenvalue weighted by molar-refractivity contribution is 5.31. The Morgan fingerprint density at radius 3 is 3.00 bits per heavy atom. The van der Waals surface area contributed by atoms with Crippen LogP contribution in [0.2, 0.25) is 0 Å². The zero-order chi connectivity index (χ0) is 10.1. The number of nitrogens with one attached hydrogen (secondary N) is 1. The number of benzene rings is 1. The first-order chi connectivity index (χ1) is 7.43. The summed E-state index contributed by atoms with van der Waals surface area (Å²) in [6.07, 6.45) is 4.02. The first kappa shape index (κ1) is 9.37. The second-order valence-corrected chi connectivity index (χ2v) is 4.49. The molecule has 2 nitrogen and oxygen atoms in total. The van der Waals surface area contributed by atoms with Gasteiger partial charge in [0.25, 0.3) is 0 Å². The third kappa shape index (κ3) is 2.06. The van der Waals surface area contributed by atoms with Crippen LogP contribution in [0.25, 0.3) is 0 Å². The van der Waals surface area contributed by atoms with Crippen molar-refractivity contribution in [3.63, 3.8) is 0 Å². The van der Waals surface area contributed by atoms with E-state index in [2.05, 4.69) is 29.6 Å². The zero-order valence-corrected chi connectivity index (χ0v) is 8.91. The molecule has 2 heteroatoms. The lowest BCUT2D eigenvalue weighted by atomic mass is 9.97. The number of hydrogen-bond donors (Lipinski definition) is 1. The summed E-state index contributed by atoms with van der Waals surface area (Å²) in [7, 11) is 0. The van der Waals surface area contributed by atoms with Gasteiger partial charge in [0.1, 0.15) is 0 Å². The van der Waals surface area contributed by atoms with E-state index in [0.717, 1.165) is 25.6 Å². The van der Waals surface area contributed by atoms with Gasteiger partial charge in [0, 0.05) is 12.6 Å². The van der Waals surface area contributed by atoms with Crippen molar-refractivity contribution in [1.29, 1.82) is 0 Å². The summed E-state index contributed by atoms with van der Waals surface area (Å²) in [5.41, 5.74) is 2.85. The molecule has 1 aliphatic heterocycles. The maximum atomic E-state index is 5.82. The molecule has 3 rings (SSSR count). The van der Waals surface area contributed by atoms with Gasteiger partial charge < -0.3 is 10.1 Å². The molecule has 0 saturated heterocycles. The van der Waals surface area contributed by atoms with Gasteiger partial charge in [-0.15, -0.1) is 0 Å². The fourth-order valence-corrected chi connectivity index (χ4v) is 2.21. The van der Waals surface area contributed by atoms with Crippen LogP contribution >= 0.6 is 0 Å². The molecule has 1 unspecified atom stereocenters. The predicted molar refractivity (Wildman–Crippen MR) is 59.9 cm³/mol. The summed E-state index contributed by atoms with van der Waals surface area (Å²) < 4.78 is 5.82. The Bertz CT molecular complexity index is 346. The summed E-state index contributed by atoms with van der Waals surface area (Å²) in [6, 6.07) is 9.42. The Kier molecular flexibility index (Phi) is 2.47. The third-order valence-electron chi connectivity index (χ3n) is 3.26. The molecule has 1 aromatic rings. The van der Waals surface area contributed by atoms with Crippen LogP contribution in [0.5, 0.6) is 0 Å². The second kappa shape index (κ2) is 3.95. The van der Waals surface area contributed by atoms with Gasteiger partial charge in [0.05, 0.1) is 12.7 Å². The van der Waals surface area contributed by atoms with Gasteiger partial charge in [-0.1, -0.05) is 24.3 Å². The molecule has 0 amide bonds. The van der Waals surface area contributed by atoms with Crippen LogP contribution < -0.4 is 5.32 Å². The monoisotopic (exact) mass is 203 g/mol. The summed E-state index contributed by atoms with van der Waals surface area (Å²) >= 11 is 0. The van der Waals surface area contributed by atoms with Crippen molar-refractivity contribution in [3.05, 3.63) is 35.4 Å². The Labute approximate surface area is 90.6 Å². The van der Waals surface area contributed by atoms with E-state index in [1.165, 1.54) is 24.0 Å². The molecule has 0 spiro atoms. The van der Waals surface area contributed by atoms with Crippen LogP contribution in [0.4, 0.5) is 0 Å². The molecule has 15 heavy (non-hydrogen) atoms. The van der Waals surface area contributed by atoms with Crippen LogP contribution in [0, 0.1) is 0 Å². The van der Waals surface area contributed by atoms with E-state index in [-0.39, 0.29) is 6.10 Å². The van der Waals surface area contributed by atoms with Gasteiger partial charge in [0.15, 0.2) is 0 Å². The normalized spacial score (nSPS) is 24.9. The highest BCUT2D eigenvalue weighted by Gasteiger charge is 2.25. The minimum Gasteiger partial charge on any atom is -0.372 e. The lowest BCUT2D eigenvalue weighted by Crippen LogP contribution is -2.28. The summed E-state index contributed by atoms with van der Waals surface area (Å²) in [5.74, 6) is 0. The summed E-state index contributed by atoms with van der Waals surface area (Å²) in [4.78, 5) is 0. The van der Waals surface area contributed by atoms with Crippen LogP contribution in [-0.4, -0.2) is 19.2 Å². The van der Waals surface area contributed by atoms with Crippen molar-refractivity contribution in [2.45, 2.75) is 31.4 Å². The van der Waals surface area contributed by atoms with E-state index in [0.29, 0.717) is 0 Å². The first-order valence-corrected chi connectivity index (χ1v) is 5.86. The number of ether oxygens (including phenoxy) is 1. The lowest BCUT2D eigenvalue weighted by Gasteiger charge is -2.26. The largest absolute Gasteiger partial charge is 0.372 e. The average molecular weight is 203 g/mol. The SMILES string of the molecule is c1ccc2c(c1)CCOC2CNC1CC1. The van der Waals surface area contributed by atoms with E-state index in [4.69, 9.17) is 4.74 Å². The van der Waals surface area contributed by atoms with Crippen LogP contribution in [0.15, 0.2) is 24.3 Å². The standard InChI is InChI=1S/C13H17NO/c1-2-4-12-10(3-1)7-8-15-13(12)9-14-11-5-6-11/h1-4,11,13-14H,5-9H2. The van der Waals surface area contributed by atoms with Crippen molar-refractivity contribution >= 4 is 0 Å². The maximum Gasteiger partial charge on any atom is 0.0952 e. The van der Waals surface area contributed by atoms with Crippen molar-refractivity contribution < 1.29 is 4.74 Å². The van der Waals surface area contributed by atoms with Gasteiger partial charge in [-0.2, -0.15) is 0 Å². The Morgan fingerprint density at radius 1 is 1.27 bits per heavy atom. The number of fused-ring (bicyclic) bond motifs is 1. The Balaban J connectivity index is 1.73. The van der Waals surface area contributed by atoms with Crippen molar-refractivity contribution in [1.82, 2.24) is 5.32 Å². The quantitative estimate of drug-likeness (QED) is 0.812. The molecular formula is C13H17NO. The average Bonchev–Trinajstić information content (AvgIpc) is 3.10. The number of rotatable bonds is 3. The summed E-state index contributed by atoms with van der Waals surface area (Å²) in [5, 5.41) is 3.54. The molecule has 1 aromatic carbocycles. The fourth-order valence-electron chi connectivity index (χ4n) is 2.21. The van der Waals surface area contributed by atoms with E-state index in [1.807, 2.05) is 0 Å². The van der Waals surface area contributed by atoms with E-state index in [1.54, 1.807) is 0 Å². The molecule has 1 saturated carbocycles. The van der Waals surface area contributed by atoms with E-state index >= 15 is 0 Å². The first-order valence-electron chi connectivity index (χ1n) is 5.86. The van der Waals surface area contributed by atoms with Crippen LogP contribution in [0.1, 0.15) is 30.1 Å². The van der Waals surface area contributed by atoms with Gasteiger partial charge in [0.2, 0.25) is 0 Å². The van der Waals surface area contributed by atoms with Crippen molar-refractivity contribution in [2.75, 3.05) is 13.2 Å². The highest BCUT2D eigenvalue weighted by Crippen LogP contribution is 2.27. The minimum absolute atomic E-state index is 0.274. The lowest BCUT2D eigenvalue weighted by molar-refractivity contribution is 0.0423. The molecular weight excluding hydrogens is 186 g/mol. The van der Waals surface area contributed by atoms with Crippen LogP contribution in [-0.2, 0) is 11.2 Å². The highest BCUT2D eigenvalue weighted by atomic mass is 16.5. The summed E-state index contributed by atoms with van der Waals surface area (Å²) in [6.45, 7) is 1.84. The van der Waals surface area contributed by atoms with Gasteiger partial charge in [-0.25, -0.2) is 0 Å². The zero-order valence-electron chi connectivity index (χ0n) is 8.91. The Hall–Kier alpha value is -0.860. The third-order valence-corrected chi connectivity index (χ3v) is 3.26. The van der Waals surface area contributed by atoms with Gasteiger partial charge in [-0.05, 0) is 30.4 Å². The van der Waals surface area contributed by atoms with E-state index < -0.39 is 0 Å². The molecule has 1 fully saturated rings. The maximum absolute atomic E-state index is 5.82. The number of hydrogen-bond acceptors (Lipinski definition) is 2. The molecule has 0 aromatic heterocycles.